The lowest BCUT2D eigenvalue weighted by Gasteiger charge is -2.21. The monoisotopic (exact) mass is 665 g/mol. The van der Waals surface area contributed by atoms with Crippen LogP contribution in [0.25, 0.3) is 0 Å². The van der Waals surface area contributed by atoms with Crippen molar-refractivity contribution in [2.24, 2.45) is 41.4 Å². The Hall–Kier alpha value is -1.39. The number of rotatable bonds is 33. The first kappa shape index (κ1) is 45.6. The van der Waals surface area contributed by atoms with E-state index in [9.17, 15) is 14.4 Å². The molecule has 0 rings (SSSR count). The van der Waals surface area contributed by atoms with Gasteiger partial charge < -0.3 is 14.3 Å². The maximum atomic E-state index is 12.2. The molecule has 0 saturated heterocycles. The second kappa shape index (κ2) is 30.7. The molecule has 2 unspecified atom stereocenters. The van der Waals surface area contributed by atoms with Crippen molar-refractivity contribution in [1.82, 2.24) is 0 Å². The topological polar surface area (TPSA) is 69.7 Å². The zero-order valence-corrected chi connectivity index (χ0v) is 32.6. The highest BCUT2D eigenvalue weighted by Crippen LogP contribution is 2.23. The van der Waals surface area contributed by atoms with E-state index in [-0.39, 0.29) is 17.9 Å². The normalized spacial score (nSPS) is 13.8. The van der Waals surface area contributed by atoms with Crippen LogP contribution in [0.2, 0.25) is 0 Å². The molecule has 0 aliphatic rings. The van der Waals surface area contributed by atoms with Crippen LogP contribution < -0.4 is 0 Å². The molecule has 0 aromatic rings. The molecule has 0 spiro atoms. The smallest absolute Gasteiger partial charge is 0.305 e. The summed E-state index contributed by atoms with van der Waals surface area (Å²) in [6.45, 7) is 19.1. The zero-order chi connectivity index (χ0) is 35.3. The third-order valence-corrected chi connectivity index (χ3v) is 10.1. The average molecular weight is 665 g/mol. The van der Waals surface area contributed by atoms with Gasteiger partial charge in [-0.3, -0.25) is 9.59 Å². The molecule has 0 saturated carbocycles. The lowest BCUT2D eigenvalue weighted by atomic mass is 9.89. The summed E-state index contributed by atoms with van der Waals surface area (Å²) in [5.41, 5.74) is 0. The van der Waals surface area contributed by atoms with Gasteiger partial charge in [0.15, 0.2) is 0 Å². The Labute approximate surface area is 292 Å². The van der Waals surface area contributed by atoms with Gasteiger partial charge in [0.1, 0.15) is 6.29 Å². The van der Waals surface area contributed by atoms with E-state index in [4.69, 9.17) is 9.47 Å². The maximum absolute atomic E-state index is 12.2. The molecule has 0 heterocycles. The van der Waals surface area contributed by atoms with Gasteiger partial charge >= 0.3 is 11.9 Å². The summed E-state index contributed by atoms with van der Waals surface area (Å²) in [5, 5.41) is 0. The maximum Gasteiger partial charge on any atom is 0.305 e. The summed E-state index contributed by atoms with van der Waals surface area (Å²) in [6, 6.07) is 0. The van der Waals surface area contributed by atoms with Gasteiger partial charge in [-0.1, -0.05) is 145 Å². The van der Waals surface area contributed by atoms with Crippen molar-refractivity contribution >= 4 is 18.2 Å². The van der Waals surface area contributed by atoms with E-state index in [0.29, 0.717) is 61.6 Å². The summed E-state index contributed by atoms with van der Waals surface area (Å²) in [6.07, 6.45) is 24.9. The minimum absolute atomic E-state index is 0.0305. The van der Waals surface area contributed by atoms with Crippen LogP contribution in [-0.2, 0) is 23.9 Å². The first-order valence-electron chi connectivity index (χ1n) is 20.2. The lowest BCUT2D eigenvalue weighted by Crippen LogP contribution is -2.19. The largest absolute Gasteiger partial charge is 0.465 e. The van der Waals surface area contributed by atoms with Gasteiger partial charge in [0.05, 0.1) is 13.2 Å². The van der Waals surface area contributed by atoms with Crippen LogP contribution in [0.1, 0.15) is 197 Å². The molecule has 2 atom stereocenters. The van der Waals surface area contributed by atoms with Gasteiger partial charge in [0.2, 0.25) is 0 Å². The fraction of sp³-hybridized carbons (Fsp3) is 0.929. The number of carbonyl (C=O) groups is 3. The lowest BCUT2D eigenvalue weighted by molar-refractivity contribution is -0.146. The van der Waals surface area contributed by atoms with Crippen molar-refractivity contribution < 1.29 is 23.9 Å². The van der Waals surface area contributed by atoms with Gasteiger partial charge in [-0.2, -0.15) is 0 Å². The number of hydrogen-bond acceptors (Lipinski definition) is 5. The predicted octanol–water partition coefficient (Wildman–Crippen LogP) is 12.3. The van der Waals surface area contributed by atoms with Gasteiger partial charge in [-0.05, 0) is 74.0 Å². The highest BCUT2D eigenvalue weighted by atomic mass is 16.5. The molecule has 278 valence electrons. The van der Waals surface area contributed by atoms with Crippen molar-refractivity contribution in [3.8, 4) is 0 Å². The van der Waals surface area contributed by atoms with Crippen molar-refractivity contribution in [2.45, 2.75) is 197 Å². The third kappa shape index (κ3) is 29.3. The molecular weight excluding hydrogens is 584 g/mol. The quantitative estimate of drug-likeness (QED) is 0.0397. The Morgan fingerprint density at radius 3 is 1.06 bits per heavy atom. The Bertz CT molecular complexity index is 685. The van der Waals surface area contributed by atoms with Crippen LogP contribution >= 0.6 is 0 Å². The number of ether oxygens (including phenoxy) is 2. The van der Waals surface area contributed by atoms with E-state index in [2.05, 4.69) is 55.4 Å². The number of unbranched alkanes of at least 4 members (excludes halogenated alkanes) is 12. The van der Waals surface area contributed by atoms with E-state index in [1.54, 1.807) is 0 Å². The molecule has 0 aliphatic heterocycles. The van der Waals surface area contributed by atoms with Crippen LogP contribution in [-0.4, -0.2) is 31.4 Å². The number of carbonyl (C=O) groups excluding carboxylic acids is 3. The van der Waals surface area contributed by atoms with E-state index in [0.717, 1.165) is 64.2 Å². The molecule has 0 amide bonds. The first-order chi connectivity index (χ1) is 22.5. The van der Waals surface area contributed by atoms with Crippen molar-refractivity contribution in [3.05, 3.63) is 0 Å². The van der Waals surface area contributed by atoms with Crippen LogP contribution in [0.15, 0.2) is 0 Å². The standard InChI is InChI=1S/C42H80O5/c1-34(2)27-29-39(36(5)6)32-46-41(44)25-21-17-13-9-11-15-19-23-38(31-43)24-20-16-12-10-14-18-22-26-42(45)47-33-40(37(7)8)30-28-35(3)4/h31,34-40H,9-30,32-33H2,1-8H3. The summed E-state index contributed by atoms with van der Waals surface area (Å²) < 4.78 is 11.2. The third-order valence-electron chi connectivity index (χ3n) is 10.1. The molecule has 5 nitrogen and oxygen atoms in total. The molecular formula is C42H80O5. The predicted molar refractivity (Wildman–Crippen MR) is 199 cm³/mol. The molecule has 0 N–H and O–H groups in total. The fourth-order valence-electron chi connectivity index (χ4n) is 6.26. The van der Waals surface area contributed by atoms with Gasteiger partial charge in [0, 0.05) is 18.8 Å². The highest BCUT2D eigenvalue weighted by Gasteiger charge is 2.18. The second-order valence-corrected chi connectivity index (χ2v) is 16.2. The van der Waals surface area contributed by atoms with E-state index in [1.807, 2.05) is 0 Å². The van der Waals surface area contributed by atoms with Crippen LogP contribution in [0, 0.1) is 41.4 Å². The molecule has 0 aromatic heterocycles. The van der Waals surface area contributed by atoms with Gasteiger partial charge in [0.25, 0.3) is 0 Å². The molecule has 47 heavy (non-hydrogen) atoms. The summed E-state index contributed by atoms with van der Waals surface area (Å²) in [5.74, 6) is 3.58. The van der Waals surface area contributed by atoms with Gasteiger partial charge in [-0.15, -0.1) is 0 Å². The fourth-order valence-corrected chi connectivity index (χ4v) is 6.26. The van der Waals surface area contributed by atoms with Crippen molar-refractivity contribution in [1.29, 1.82) is 0 Å². The van der Waals surface area contributed by atoms with Crippen LogP contribution in [0.3, 0.4) is 0 Å². The van der Waals surface area contributed by atoms with Gasteiger partial charge in [-0.25, -0.2) is 0 Å². The minimum Gasteiger partial charge on any atom is -0.465 e. The van der Waals surface area contributed by atoms with E-state index >= 15 is 0 Å². The van der Waals surface area contributed by atoms with E-state index in [1.165, 1.54) is 70.5 Å². The zero-order valence-electron chi connectivity index (χ0n) is 32.6. The molecule has 0 radical (unpaired) electrons. The van der Waals surface area contributed by atoms with Crippen molar-refractivity contribution in [3.63, 3.8) is 0 Å². The van der Waals surface area contributed by atoms with E-state index < -0.39 is 0 Å². The number of esters is 2. The molecule has 0 fully saturated rings. The Morgan fingerprint density at radius 2 is 0.766 bits per heavy atom. The molecule has 0 aromatic carbocycles. The summed E-state index contributed by atoms with van der Waals surface area (Å²) in [4.78, 5) is 35.9. The minimum atomic E-state index is -0.0305. The summed E-state index contributed by atoms with van der Waals surface area (Å²) in [7, 11) is 0. The average Bonchev–Trinajstić information content (AvgIpc) is 3.01. The van der Waals surface area contributed by atoms with Crippen LogP contribution in [0.4, 0.5) is 0 Å². The SMILES string of the molecule is CC(C)CCC(COC(=O)CCCCCCCCCC(C=O)CCCCCCCCCC(=O)OCC(CCC(C)C)C(C)C)C(C)C. The first-order valence-corrected chi connectivity index (χ1v) is 20.2. The molecule has 0 bridgehead atoms. The Morgan fingerprint density at radius 1 is 0.447 bits per heavy atom. The second-order valence-electron chi connectivity index (χ2n) is 16.2. The highest BCUT2D eigenvalue weighted by molar-refractivity contribution is 5.69. The number of hydrogen-bond donors (Lipinski definition) is 0. The Balaban J connectivity index is 3.68. The van der Waals surface area contributed by atoms with Crippen LogP contribution in [0.5, 0.6) is 0 Å². The molecule has 5 heteroatoms. The molecule has 0 aliphatic carbocycles. The Kier molecular flexibility index (Phi) is 29.7. The van der Waals surface area contributed by atoms with Crippen molar-refractivity contribution in [2.75, 3.05) is 13.2 Å². The number of aldehydes is 1. The summed E-state index contributed by atoms with van der Waals surface area (Å²) >= 11 is 0.